The maximum atomic E-state index is 12.2. The molecule has 0 atom stereocenters. The maximum Gasteiger partial charge on any atom is 0.262 e. The molecule has 0 unspecified atom stereocenters. The summed E-state index contributed by atoms with van der Waals surface area (Å²) < 4.78 is 7.64. The molecular weight excluding hydrogens is 314 g/mol. The zero-order chi connectivity index (χ0) is 18.8. The first kappa shape index (κ1) is 21.0. The van der Waals surface area contributed by atoms with E-state index < -0.39 is 0 Å². The van der Waals surface area contributed by atoms with Crippen LogP contribution in [0.5, 0.6) is 0 Å². The van der Waals surface area contributed by atoms with Gasteiger partial charge in [0.15, 0.2) is 0 Å². The van der Waals surface area contributed by atoms with Crippen molar-refractivity contribution < 1.29 is 9.53 Å². The van der Waals surface area contributed by atoms with E-state index >= 15 is 0 Å². The average Bonchev–Trinajstić information content (AvgIpc) is 2.82. The van der Waals surface area contributed by atoms with Crippen LogP contribution in [0.1, 0.15) is 50.6 Å². The van der Waals surface area contributed by atoms with Crippen molar-refractivity contribution in [3.63, 3.8) is 0 Å². The number of carbonyl (C=O) groups is 1. The number of nitrogens with one attached hydrogen (secondary N) is 1. The van der Waals surface area contributed by atoms with Crippen molar-refractivity contribution in [3.8, 4) is 6.07 Å². The smallest absolute Gasteiger partial charge is 0.262 e. The van der Waals surface area contributed by atoms with E-state index in [1.54, 1.807) is 6.08 Å². The zero-order valence-electron chi connectivity index (χ0n) is 16.2. The molecule has 0 saturated heterocycles. The summed E-state index contributed by atoms with van der Waals surface area (Å²) in [5, 5.41) is 12.1. The SMILES string of the molecule is CCCCOCCNC(=O)/C(C#N)=C/c1cc(C)n(CC(C)C)c1C. The highest BCUT2D eigenvalue weighted by Gasteiger charge is 2.13. The fraction of sp³-hybridized carbons (Fsp3) is 0.600. The molecule has 0 bridgehead atoms. The molecule has 5 heteroatoms. The fourth-order valence-electron chi connectivity index (χ4n) is 2.60. The first-order valence-corrected chi connectivity index (χ1v) is 9.05. The van der Waals surface area contributed by atoms with Crippen LogP contribution >= 0.6 is 0 Å². The predicted molar refractivity (Wildman–Crippen MR) is 101 cm³/mol. The molecule has 1 rings (SSSR count). The summed E-state index contributed by atoms with van der Waals surface area (Å²) in [6, 6.07) is 4.03. The van der Waals surface area contributed by atoms with E-state index in [-0.39, 0.29) is 11.5 Å². The van der Waals surface area contributed by atoms with Crippen LogP contribution in [-0.2, 0) is 16.1 Å². The molecule has 0 aliphatic carbocycles. The van der Waals surface area contributed by atoms with Gasteiger partial charge in [-0.25, -0.2) is 0 Å². The van der Waals surface area contributed by atoms with Crippen molar-refractivity contribution >= 4 is 12.0 Å². The van der Waals surface area contributed by atoms with Gasteiger partial charge in [0.25, 0.3) is 5.91 Å². The van der Waals surface area contributed by atoms with Crippen molar-refractivity contribution in [1.82, 2.24) is 9.88 Å². The van der Waals surface area contributed by atoms with Crippen LogP contribution in [0.25, 0.3) is 6.08 Å². The molecule has 0 radical (unpaired) electrons. The van der Waals surface area contributed by atoms with Gasteiger partial charge in [0.05, 0.1) is 6.61 Å². The fourth-order valence-corrected chi connectivity index (χ4v) is 2.60. The molecule has 0 aliphatic heterocycles. The van der Waals surface area contributed by atoms with Gasteiger partial charge in [0, 0.05) is 31.1 Å². The van der Waals surface area contributed by atoms with Gasteiger partial charge in [-0.15, -0.1) is 0 Å². The number of rotatable bonds is 10. The third-order valence-corrected chi connectivity index (χ3v) is 4.00. The molecule has 1 aromatic rings. The highest BCUT2D eigenvalue weighted by Crippen LogP contribution is 2.19. The lowest BCUT2D eigenvalue weighted by molar-refractivity contribution is -0.117. The monoisotopic (exact) mass is 345 g/mol. The van der Waals surface area contributed by atoms with Crippen LogP contribution in [-0.4, -0.2) is 30.2 Å². The van der Waals surface area contributed by atoms with Crippen LogP contribution in [0.4, 0.5) is 0 Å². The van der Waals surface area contributed by atoms with Gasteiger partial charge in [0.2, 0.25) is 0 Å². The third-order valence-electron chi connectivity index (χ3n) is 4.00. The van der Waals surface area contributed by atoms with Crippen LogP contribution in [0.3, 0.4) is 0 Å². The molecule has 1 heterocycles. The first-order chi connectivity index (χ1) is 11.9. The normalized spacial score (nSPS) is 11.6. The van der Waals surface area contributed by atoms with Gasteiger partial charge < -0.3 is 14.6 Å². The van der Waals surface area contributed by atoms with Crippen LogP contribution in [0.15, 0.2) is 11.6 Å². The Kier molecular flexibility index (Phi) is 9.01. The number of hydrogen-bond acceptors (Lipinski definition) is 3. The van der Waals surface area contributed by atoms with E-state index in [0.717, 1.165) is 36.3 Å². The molecule has 1 amide bonds. The minimum Gasteiger partial charge on any atom is -0.380 e. The van der Waals surface area contributed by atoms with E-state index in [4.69, 9.17) is 4.74 Å². The summed E-state index contributed by atoms with van der Waals surface area (Å²) in [6.45, 7) is 13.0. The van der Waals surface area contributed by atoms with Crippen LogP contribution in [0, 0.1) is 31.1 Å². The largest absolute Gasteiger partial charge is 0.380 e. The summed E-state index contributed by atoms with van der Waals surface area (Å²) in [6.07, 6.45) is 3.78. The first-order valence-electron chi connectivity index (χ1n) is 9.05. The minimum absolute atomic E-state index is 0.123. The standard InChI is InChI=1S/C20H31N3O2/c1-6-7-9-25-10-8-22-20(24)19(13-21)12-18-11-16(4)23(17(18)5)14-15(2)3/h11-12,15H,6-10,14H2,1-5H3,(H,22,24)/b19-12+. The summed E-state index contributed by atoms with van der Waals surface area (Å²) in [5.41, 5.74) is 3.26. The molecule has 0 aliphatic rings. The number of nitriles is 1. The number of nitrogens with zero attached hydrogens (tertiary/aromatic N) is 2. The van der Waals surface area contributed by atoms with Gasteiger partial charge in [-0.3, -0.25) is 4.79 Å². The summed E-state index contributed by atoms with van der Waals surface area (Å²) in [7, 11) is 0. The zero-order valence-corrected chi connectivity index (χ0v) is 16.2. The van der Waals surface area contributed by atoms with E-state index in [1.807, 2.05) is 26.0 Å². The summed E-state index contributed by atoms with van der Waals surface area (Å²) in [4.78, 5) is 12.2. The highest BCUT2D eigenvalue weighted by atomic mass is 16.5. The second-order valence-electron chi connectivity index (χ2n) is 6.72. The van der Waals surface area contributed by atoms with Crippen molar-refractivity contribution in [3.05, 3.63) is 28.6 Å². The van der Waals surface area contributed by atoms with Crippen LogP contribution in [0.2, 0.25) is 0 Å². The Morgan fingerprint density at radius 1 is 1.40 bits per heavy atom. The average molecular weight is 345 g/mol. The topological polar surface area (TPSA) is 67.0 Å². The molecular formula is C20H31N3O2. The van der Waals surface area contributed by atoms with Crippen molar-refractivity contribution in [1.29, 1.82) is 5.26 Å². The minimum atomic E-state index is -0.352. The summed E-state index contributed by atoms with van der Waals surface area (Å²) >= 11 is 0. The Hall–Kier alpha value is -2.06. The van der Waals surface area contributed by atoms with Crippen molar-refractivity contribution in [2.75, 3.05) is 19.8 Å². The highest BCUT2D eigenvalue weighted by molar-refractivity contribution is 6.01. The maximum absolute atomic E-state index is 12.2. The Morgan fingerprint density at radius 3 is 2.72 bits per heavy atom. The van der Waals surface area contributed by atoms with E-state index in [0.29, 0.717) is 25.7 Å². The number of aromatic nitrogens is 1. The lowest BCUT2D eigenvalue weighted by Crippen LogP contribution is -2.28. The van der Waals surface area contributed by atoms with Gasteiger partial charge in [0.1, 0.15) is 11.6 Å². The number of carbonyl (C=O) groups excluding carboxylic acids is 1. The molecule has 5 nitrogen and oxygen atoms in total. The quantitative estimate of drug-likeness (QED) is 0.400. The lowest BCUT2D eigenvalue weighted by Gasteiger charge is -2.12. The van der Waals surface area contributed by atoms with E-state index in [2.05, 4.69) is 30.7 Å². The van der Waals surface area contributed by atoms with E-state index in [9.17, 15) is 10.1 Å². The van der Waals surface area contributed by atoms with Crippen molar-refractivity contribution in [2.45, 2.75) is 54.0 Å². The number of unbranched alkanes of at least 4 members (excludes halogenated alkanes) is 1. The number of hydrogen-bond donors (Lipinski definition) is 1. The Balaban J connectivity index is 2.73. The van der Waals surface area contributed by atoms with Gasteiger partial charge in [-0.05, 0) is 43.9 Å². The molecule has 0 spiro atoms. The molecule has 1 N–H and O–H groups in total. The predicted octanol–water partition coefficient (Wildman–Crippen LogP) is 3.60. The molecule has 0 saturated carbocycles. The second-order valence-corrected chi connectivity index (χ2v) is 6.72. The third kappa shape index (κ3) is 6.75. The van der Waals surface area contributed by atoms with Gasteiger partial charge in [-0.2, -0.15) is 5.26 Å². The number of ether oxygens (including phenoxy) is 1. The van der Waals surface area contributed by atoms with Gasteiger partial charge in [-0.1, -0.05) is 27.2 Å². The van der Waals surface area contributed by atoms with E-state index in [1.165, 1.54) is 0 Å². The second kappa shape index (κ2) is 10.7. The molecule has 1 aromatic heterocycles. The molecule has 25 heavy (non-hydrogen) atoms. The van der Waals surface area contributed by atoms with Crippen LogP contribution < -0.4 is 5.32 Å². The molecule has 0 fully saturated rings. The van der Waals surface area contributed by atoms with Gasteiger partial charge >= 0.3 is 0 Å². The summed E-state index contributed by atoms with van der Waals surface area (Å²) in [5.74, 6) is 0.184. The lowest BCUT2D eigenvalue weighted by atomic mass is 10.1. The number of amides is 1. The Bertz CT molecular complexity index is 636. The Labute approximate surface area is 151 Å². The molecule has 0 aromatic carbocycles. The Morgan fingerprint density at radius 2 is 2.12 bits per heavy atom. The molecule has 138 valence electrons. The van der Waals surface area contributed by atoms with Crippen molar-refractivity contribution in [2.24, 2.45) is 5.92 Å². The number of aryl methyl sites for hydroxylation is 1.